The minimum absolute atomic E-state index is 0.448. The first kappa shape index (κ1) is 13.9. The highest BCUT2D eigenvalue weighted by atomic mass is 16.6. The molecule has 1 aliphatic rings. The maximum Gasteiger partial charge on any atom is 0.124 e. The summed E-state index contributed by atoms with van der Waals surface area (Å²) in [5.41, 5.74) is -6.50. The highest BCUT2D eigenvalue weighted by Crippen LogP contribution is 2.48. The molecule has 0 saturated carbocycles. The molecule has 0 radical (unpaired) electrons. The van der Waals surface area contributed by atoms with Crippen molar-refractivity contribution in [3.63, 3.8) is 0 Å². The van der Waals surface area contributed by atoms with Crippen LogP contribution in [0.1, 0.15) is 34.6 Å². The van der Waals surface area contributed by atoms with Crippen molar-refractivity contribution in [2.75, 3.05) is 6.61 Å². The second kappa shape index (κ2) is 3.40. The van der Waals surface area contributed by atoms with Crippen molar-refractivity contribution < 1.29 is 25.2 Å². The number of aliphatic hydroxyl groups excluding tert-OH is 1. The fourth-order valence-electron chi connectivity index (χ4n) is 2.21. The number of rotatable bonds is 1. The predicted molar refractivity (Wildman–Crippen MR) is 57.9 cm³/mol. The second-order valence-corrected chi connectivity index (χ2v) is 5.44. The van der Waals surface area contributed by atoms with Gasteiger partial charge in [0.05, 0.1) is 12.7 Å². The van der Waals surface area contributed by atoms with Crippen LogP contribution < -0.4 is 0 Å². The summed E-state index contributed by atoms with van der Waals surface area (Å²) < 4.78 is 5.48. The van der Waals surface area contributed by atoms with Crippen molar-refractivity contribution in [1.82, 2.24) is 0 Å². The molecular weight excluding hydrogens is 212 g/mol. The van der Waals surface area contributed by atoms with E-state index in [1.807, 2.05) is 0 Å². The van der Waals surface area contributed by atoms with Gasteiger partial charge in [0, 0.05) is 0 Å². The van der Waals surface area contributed by atoms with Gasteiger partial charge in [-0.3, -0.25) is 0 Å². The van der Waals surface area contributed by atoms with Crippen molar-refractivity contribution in [1.29, 1.82) is 0 Å². The zero-order valence-electron chi connectivity index (χ0n) is 10.5. The molecule has 1 saturated heterocycles. The highest BCUT2D eigenvalue weighted by molar-refractivity contribution is 5.19. The van der Waals surface area contributed by atoms with E-state index in [1.165, 1.54) is 27.7 Å². The molecule has 0 aromatic heterocycles. The van der Waals surface area contributed by atoms with Crippen LogP contribution in [0.5, 0.6) is 0 Å². The minimum Gasteiger partial charge on any atom is -0.393 e. The molecule has 5 atom stereocenters. The number of ether oxygens (including phenoxy) is 1. The number of aliphatic hydroxyl groups is 4. The van der Waals surface area contributed by atoms with Gasteiger partial charge in [-0.05, 0) is 34.6 Å². The monoisotopic (exact) mass is 234 g/mol. The highest BCUT2D eigenvalue weighted by Gasteiger charge is 2.68. The van der Waals surface area contributed by atoms with E-state index in [-0.39, 0.29) is 0 Å². The Hall–Kier alpha value is -0.200. The van der Waals surface area contributed by atoms with Gasteiger partial charge in [-0.15, -0.1) is 0 Å². The van der Waals surface area contributed by atoms with E-state index in [1.54, 1.807) is 6.92 Å². The van der Waals surface area contributed by atoms with Gasteiger partial charge in [0.15, 0.2) is 0 Å². The Bertz CT molecular complexity index is 278. The maximum absolute atomic E-state index is 10.4. The fraction of sp³-hybridized carbons (Fsp3) is 1.00. The summed E-state index contributed by atoms with van der Waals surface area (Å²) in [5, 5.41) is 40.3. The van der Waals surface area contributed by atoms with Crippen LogP contribution in [-0.2, 0) is 4.74 Å². The molecule has 0 aromatic carbocycles. The van der Waals surface area contributed by atoms with Crippen LogP contribution in [0.3, 0.4) is 0 Å². The Kier molecular flexibility index (Phi) is 2.94. The lowest BCUT2D eigenvalue weighted by molar-refractivity contribution is -0.371. The number of hydrogen-bond acceptors (Lipinski definition) is 5. The van der Waals surface area contributed by atoms with Crippen LogP contribution in [0.4, 0.5) is 0 Å². The van der Waals surface area contributed by atoms with Crippen molar-refractivity contribution in [2.24, 2.45) is 0 Å². The SMILES string of the molecule is C[C@@H]1OC(C)(CO)[C@@](C)(O)C(C)(O)C1(C)O. The van der Waals surface area contributed by atoms with E-state index < -0.39 is 35.1 Å². The van der Waals surface area contributed by atoms with Crippen LogP contribution >= 0.6 is 0 Å². The summed E-state index contributed by atoms with van der Waals surface area (Å²) >= 11 is 0. The summed E-state index contributed by atoms with van der Waals surface area (Å²) in [6.07, 6.45) is -0.708. The van der Waals surface area contributed by atoms with Gasteiger partial charge in [-0.25, -0.2) is 0 Å². The van der Waals surface area contributed by atoms with Gasteiger partial charge >= 0.3 is 0 Å². The third kappa shape index (κ3) is 1.36. The van der Waals surface area contributed by atoms with Crippen LogP contribution in [-0.4, -0.2) is 55.5 Å². The zero-order valence-corrected chi connectivity index (χ0v) is 10.5. The van der Waals surface area contributed by atoms with E-state index in [0.29, 0.717) is 0 Å². The van der Waals surface area contributed by atoms with Crippen LogP contribution in [0.15, 0.2) is 0 Å². The third-order valence-corrected chi connectivity index (χ3v) is 4.49. The first-order chi connectivity index (χ1) is 6.94. The molecule has 0 aliphatic carbocycles. The van der Waals surface area contributed by atoms with Crippen molar-refractivity contribution >= 4 is 0 Å². The Morgan fingerprint density at radius 3 is 1.81 bits per heavy atom. The van der Waals surface area contributed by atoms with Gasteiger partial charge in [-0.1, -0.05) is 0 Å². The minimum atomic E-state index is -1.80. The first-order valence-corrected chi connectivity index (χ1v) is 5.40. The lowest BCUT2D eigenvalue weighted by atomic mass is 9.62. The molecule has 5 nitrogen and oxygen atoms in total. The second-order valence-electron chi connectivity index (χ2n) is 5.44. The van der Waals surface area contributed by atoms with E-state index in [4.69, 9.17) is 4.74 Å². The van der Waals surface area contributed by atoms with Crippen LogP contribution in [0, 0.1) is 0 Å². The van der Waals surface area contributed by atoms with Crippen LogP contribution in [0.25, 0.3) is 0 Å². The molecule has 3 unspecified atom stereocenters. The Morgan fingerprint density at radius 1 is 1.00 bits per heavy atom. The molecule has 5 heteroatoms. The fourth-order valence-corrected chi connectivity index (χ4v) is 2.21. The van der Waals surface area contributed by atoms with Gasteiger partial charge in [0.1, 0.15) is 22.4 Å². The average Bonchev–Trinajstić information content (AvgIpc) is 2.14. The van der Waals surface area contributed by atoms with Crippen LogP contribution in [0.2, 0.25) is 0 Å². The van der Waals surface area contributed by atoms with Gasteiger partial charge < -0.3 is 25.2 Å². The predicted octanol–water partition coefficient (Wildman–Crippen LogP) is -0.591. The summed E-state index contributed by atoms with van der Waals surface area (Å²) in [6.45, 7) is 6.76. The largest absolute Gasteiger partial charge is 0.393 e. The summed E-state index contributed by atoms with van der Waals surface area (Å²) in [4.78, 5) is 0. The molecular formula is C11H22O5. The molecule has 1 fully saturated rings. The van der Waals surface area contributed by atoms with Gasteiger partial charge in [0.2, 0.25) is 0 Å². The van der Waals surface area contributed by atoms with Crippen molar-refractivity contribution in [3.8, 4) is 0 Å². The molecule has 16 heavy (non-hydrogen) atoms. The normalized spacial score (nSPS) is 58.7. The zero-order chi connectivity index (χ0) is 13.0. The molecule has 0 bridgehead atoms. The maximum atomic E-state index is 10.4. The Balaban J connectivity index is 3.32. The summed E-state index contributed by atoms with van der Waals surface area (Å²) in [6, 6.07) is 0. The lowest BCUT2D eigenvalue weighted by Gasteiger charge is -2.61. The molecule has 4 N–H and O–H groups in total. The average molecular weight is 234 g/mol. The van der Waals surface area contributed by atoms with E-state index in [9.17, 15) is 20.4 Å². The molecule has 96 valence electrons. The summed E-state index contributed by atoms with van der Waals surface area (Å²) in [7, 11) is 0. The Morgan fingerprint density at radius 2 is 1.44 bits per heavy atom. The smallest absolute Gasteiger partial charge is 0.124 e. The number of hydrogen-bond donors (Lipinski definition) is 4. The topological polar surface area (TPSA) is 90.2 Å². The molecule has 0 spiro atoms. The summed E-state index contributed by atoms with van der Waals surface area (Å²) in [5.74, 6) is 0. The third-order valence-electron chi connectivity index (χ3n) is 4.49. The standard InChI is InChI=1S/C11H22O5/c1-7-9(3,13)11(5,15)10(4,14)8(2,6-12)16-7/h7,12-15H,6H2,1-5H3/t7-,8?,9?,10+,11?/m0/s1. The molecule has 1 aliphatic heterocycles. The Labute approximate surface area is 95.7 Å². The van der Waals surface area contributed by atoms with E-state index in [2.05, 4.69) is 0 Å². The van der Waals surface area contributed by atoms with E-state index in [0.717, 1.165) is 0 Å². The van der Waals surface area contributed by atoms with E-state index >= 15 is 0 Å². The van der Waals surface area contributed by atoms with Crippen molar-refractivity contribution in [2.45, 2.75) is 63.1 Å². The quantitative estimate of drug-likeness (QED) is 0.487. The van der Waals surface area contributed by atoms with Crippen molar-refractivity contribution in [3.05, 3.63) is 0 Å². The first-order valence-electron chi connectivity index (χ1n) is 5.40. The molecule has 0 amide bonds. The lowest BCUT2D eigenvalue weighted by Crippen LogP contribution is -2.80. The molecule has 1 heterocycles. The van der Waals surface area contributed by atoms with Gasteiger partial charge in [0.25, 0.3) is 0 Å². The van der Waals surface area contributed by atoms with Gasteiger partial charge in [-0.2, -0.15) is 0 Å². The molecule has 0 aromatic rings. The molecule has 1 rings (SSSR count).